The van der Waals surface area contributed by atoms with Crippen LogP contribution in [0.5, 0.6) is 0 Å². The lowest BCUT2D eigenvalue weighted by molar-refractivity contribution is 0.0711. The highest BCUT2D eigenvalue weighted by Gasteiger charge is 2.27. The number of aromatic nitrogens is 3. The van der Waals surface area contributed by atoms with Gasteiger partial charge in [-0.05, 0) is 44.4 Å². The van der Waals surface area contributed by atoms with Gasteiger partial charge in [-0.15, -0.1) is 11.3 Å². The first-order valence-electron chi connectivity index (χ1n) is 9.13. The summed E-state index contributed by atoms with van der Waals surface area (Å²) in [4.78, 5) is 19.7. The first-order valence-corrected chi connectivity index (χ1v) is 9.95. The number of rotatable bonds is 3. The minimum absolute atomic E-state index is 0.0857. The monoisotopic (exact) mass is 366 g/mol. The van der Waals surface area contributed by atoms with Gasteiger partial charge < -0.3 is 4.90 Å². The molecule has 1 amide bonds. The Balaban J connectivity index is 1.48. The summed E-state index contributed by atoms with van der Waals surface area (Å²) in [6.45, 7) is 5.42. The number of aryl methyl sites for hydroxylation is 2. The molecule has 1 saturated heterocycles. The molecule has 26 heavy (non-hydrogen) atoms. The van der Waals surface area contributed by atoms with Crippen LogP contribution < -0.4 is 0 Å². The highest BCUT2D eigenvalue weighted by molar-refractivity contribution is 7.18. The average molecular weight is 366 g/mol. The van der Waals surface area contributed by atoms with Gasteiger partial charge in [0.25, 0.3) is 5.91 Å². The Hall–Kier alpha value is -2.34. The van der Waals surface area contributed by atoms with Crippen molar-refractivity contribution in [2.75, 3.05) is 13.1 Å². The van der Waals surface area contributed by atoms with E-state index in [9.17, 15) is 4.79 Å². The molecule has 1 aliphatic heterocycles. The summed E-state index contributed by atoms with van der Waals surface area (Å²) in [5.74, 6) is 0.530. The quantitative estimate of drug-likeness (QED) is 0.703. The lowest BCUT2D eigenvalue weighted by Gasteiger charge is -2.31. The van der Waals surface area contributed by atoms with Crippen LogP contribution >= 0.6 is 11.3 Å². The highest BCUT2D eigenvalue weighted by atomic mass is 32.1. The molecule has 5 nitrogen and oxygen atoms in total. The van der Waals surface area contributed by atoms with Crippen LogP contribution in [0.15, 0.2) is 30.3 Å². The summed E-state index contributed by atoms with van der Waals surface area (Å²) in [7, 11) is 0. The molecule has 0 radical (unpaired) electrons. The standard InChI is InChI=1S/C20H22N4OS/c1-3-16-15(12-13(2)22-23-16)20(25)24-10-8-14(9-11-24)19-21-17-6-4-5-7-18(17)26-19/h4-7,12,14H,3,8-11H2,1-2H3. The Morgan fingerprint density at radius 2 is 2.00 bits per heavy atom. The Morgan fingerprint density at radius 1 is 1.23 bits per heavy atom. The zero-order valence-electron chi connectivity index (χ0n) is 15.1. The molecule has 0 saturated carbocycles. The predicted octanol–water partition coefficient (Wildman–Crippen LogP) is 3.98. The summed E-state index contributed by atoms with van der Waals surface area (Å²) in [5, 5.41) is 9.48. The lowest BCUT2D eigenvalue weighted by atomic mass is 9.96. The molecule has 0 spiro atoms. The van der Waals surface area contributed by atoms with Gasteiger partial charge in [-0.25, -0.2) is 4.98 Å². The zero-order valence-corrected chi connectivity index (χ0v) is 15.9. The van der Waals surface area contributed by atoms with Gasteiger partial charge in [0.05, 0.1) is 32.2 Å². The molecule has 1 aliphatic rings. The Labute approximate surface area is 157 Å². The maximum Gasteiger partial charge on any atom is 0.255 e. The fraction of sp³-hybridized carbons (Fsp3) is 0.400. The maximum absolute atomic E-state index is 13.0. The van der Waals surface area contributed by atoms with Crippen molar-refractivity contribution >= 4 is 27.5 Å². The van der Waals surface area contributed by atoms with Crippen molar-refractivity contribution in [1.82, 2.24) is 20.1 Å². The summed E-state index contributed by atoms with van der Waals surface area (Å²) < 4.78 is 1.24. The molecule has 134 valence electrons. The molecular weight excluding hydrogens is 344 g/mol. The number of piperidine rings is 1. The Kier molecular flexibility index (Phi) is 4.68. The molecule has 0 unspecified atom stereocenters. The van der Waals surface area contributed by atoms with Gasteiger partial charge in [-0.1, -0.05) is 19.1 Å². The molecule has 1 aromatic carbocycles. The van der Waals surface area contributed by atoms with Gasteiger partial charge in [0.2, 0.25) is 0 Å². The second-order valence-electron chi connectivity index (χ2n) is 6.79. The van der Waals surface area contributed by atoms with E-state index in [4.69, 9.17) is 4.98 Å². The van der Waals surface area contributed by atoms with Crippen molar-refractivity contribution in [2.24, 2.45) is 0 Å². The van der Waals surface area contributed by atoms with Gasteiger partial charge in [-0.3, -0.25) is 4.79 Å². The van der Waals surface area contributed by atoms with Crippen molar-refractivity contribution < 1.29 is 4.79 Å². The van der Waals surface area contributed by atoms with Crippen molar-refractivity contribution in [2.45, 2.75) is 39.0 Å². The number of nitrogens with zero attached hydrogens (tertiary/aromatic N) is 4. The highest BCUT2D eigenvalue weighted by Crippen LogP contribution is 2.34. The van der Waals surface area contributed by atoms with Crippen molar-refractivity contribution in [3.8, 4) is 0 Å². The number of fused-ring (bicyclic) bond motifs is 1. The van der Waals surface area contributed by atoms with Gasteiger partial charge in [0, 0.05) is 19.0 Å². The normalized spacial score (nSPS) is 15.5. The van der Waals surface area contributed by atoms with Crippen LogP contribution in [0.3, 0.4) is 0 Å². The van der Waals surface area contributed by atoms with E-state index >= 15 is 0 Å². The van der Waals surface area contributed by atoms with Crippen LogP contribution in [-0.2, 0) is 6.42 Å². The van der Waals surface area contributed by atoms with Crippen molar-refractivity contribution in [3.63, 3.8) is 0 Å². The smallest absolute Gasteiger partial charge is 0.255 e. The number of likely N-dealkylation sites (tertiary alicyclic amines) is 1. The third-order valence-corrected chi connectivity index (χ3v) is 6.20. The van der Waals surface area contributed by atoms with Gasteiger partial charge in [0.1, 0.15) is 0 Å². The van der Waals surface area contributed by atoms with E-state index in [1.807, 2.05) is 30.9 Å². The number of para-hydroxylation sites is 1. The first kappa shape index (κ1) is 17.1. The molecular formula is C20H22N4OS. The molecule has 4 rings (SSSR count). The van der Waals surface area contributed by atoms with Crippen molar-refractivity contribution in [1.29, 1.82) is 0 Å². The van der Waals surface area contributed by atoms with Gasteiger partial charge >= 0.3 is 0 Å². The maximum atomic E-state index is 13.0. The number of carbonyl (C=O) groups excluding carboxylic acids is 1. The summed E-state index contributed by atoms with van der Waals surface area (Å²) in [5.41, 5.74) is 3.36. The van der Waals surface area contributed by atoms with Crippen LogP contribution in [-0.4, -0.2) is 39.1 Å². The van der Waals surface area contributed by atoms with Crippen molar-refractivity contribution in [3.05, 3.63) is 52.3 Å². The largest absolute Gasteiger partial charge is 0.339 e. The van der Waals surface area contributed by atoms with Gasteiger partial charge in [-0.2, -0.15) is 10.2 Å². The number of thiazole rings is 1. The second-order valence-corrected chi connectivity index (χ2v) is 7.85. The lowest BCUT2D eigenvalue weighted by Crippen LogP contribution is -2.38. The molecule has 0 aliphatic carbocycles. The molecule has 0 N–H and O–H groups in total. The Morgan fingerprint density at radius 3 is 2.73 bits per heavy atom. The van der Waals surface area contributed by atoms with Crippen LogP contribution in [0.25, 0.3) is 10.2 Å². The fourth-order valence-corrected chi connectivity index (χ4v) is 4.66. The number of amides is 1. The number of benzene rings is 1. The summed E-state index contributed by atoms with van der Waals surface area (Å²) in [6, 6.07) is 10.2. The van der Waals surface area contributed by atoms with E-state index in [0.29, 0.717) is 11.5 Å². The van der Waals surface area contributed by atoms with E-state index in [1.54, 1.807) is 11.3 Å². The number of hydrogen-bond donors (Lipinski definition) is 0. The van der Waals surface area contributed by atoms with Crippen LogP contribution in [0, 0.1) is 6.92 Å². The molecule has 3 aromatic rings. The minimum atomic E-state index is 0.0857. The molecule has 1 fully saturated rings. The van der Waals surface area contributed by atoms with E-state index in [1.165, 1.54) is 9.71 Å². The van der Waals surface area contributed by atoms with Crippen LogP contribution in [0.4, 0.5) is 0 Å². The topological polar surface area (TPSA) is 59.0 Å². The van der Waals surface area contributed by atoms with E-state index in [2.05, 4.69) is 28.4 Å². The summed E-state index contributed by atoms with van der Waals surface area (Å²) >= 11 is 1.79. The molecule has 6 heteroatoms. The molecule has 2 aromatic heterocycles. The third-order valence-electron chi connectivity index (χ3n) is 5.00. The predicted molar refractivity (Wildman–Crippen MR) is 104 cm³/mol. The van der Waals surface area contributed by atoms with Crippen LogP contribution in [0.2, 0.25) is 0 Å². The first-order chi connectivity index (χ1) is 12.7. The average Bonchev–Trinajstić information content (AvgIpc) is 3.12. The number of hydrogen-bond acceptors (Lipinski definition) is 5. The minimum Gasteiger partial charge on any atom is -0.339 e. The molecule has 3 heterocycles. The summed E-state index contributed by atoms with van der Waals surface area (Å²) in [6.07, 6.45) is 2.64. The zero-order chi connectivity index (χ0) is 18.1. The fourth-order valence-electron chi connectivity index (χ4n) is 3.53. The van der Waals surface area contributed by atoms with E-state index < -0.39 is 0 Å². The second kappa shape index (κ2) is 7.11. The Bertz CT molecular complexity index is 911. The van der Waals surface area contributed by atoms with E-state index in [0.717, 1.165) is 49.3 Å². The van der Waals surface area contributed by atoms with Crippen LogP contribution in [0.1, 0.15) is 52.4 Å². The van der Waals surface area contributed by atoms with E-state index in [-0.39, 0.29) is 5.91 Å². The molecule has 0 atom stereocenters. The molecule has 0 bridgehead atoms. The van der Waals surface area contributed by atoms with Gasteiger partial charge in [0.15, 0.2) is 0 Å². The SMILES string of the molecule is CCc1nnc(C)cc1C(=O)N1CCC(c2nc3ccccc3s2)CC1. The third kappa shape index (κ3) is 3.21. The number of carbonyl (C=O) groups is 1.